The molecule has 0 nitrogen and oxygen atoms in total. The predicted molar refractivity (Wildman–Crippen MR) is 328 cm³/mol. The Morgan fingerprint density at radius 3 is 1.11 bits per heavy atom. The highest BCUT2D eigenvalue weighted by molar-refractivity contribution is 6.28. The summed E-state index contributed by atoms with van der Waals surface area (Å²) in [5.74, 6) is 0. The van der Waals surface area contributed by atoms with E-state index in [1.807, 2.05) is 0 Å². The van der Waals surface area contributed by atoms with Gasteiger partial charge >= 0.3 is 0 Å². The van der Waals surface area contributed by atoms with E-state index in [0.29, 0.717) is 0 Å². The first-order chi connectivity index (χ1) is 37.7. The van der Waals surface area contributed by atoms with Gasteiger partial charge in [-0.25, -0.2) is 0 Å². The summed E-state index contributed by atoms with van der Waals surface area (Å²) in [5, 5.41) is 22.8. The fourth-order valence-electron chi connectivity index (χ4n) is 13.3. The van der Waals surface area contributed by atoms with Gasteiger partial charge in [-0.15, -0.1) is 0 Å². The largest absolute Gasteiger partial charge is 0.0622 e. The predicted octanol–water partition coefficient (Wildman–Crippen LogP) is 21.5. The molecule has 0 heteroatoms. The van der Waals surface area contributed by atoms with Crippen molar-refractivity contribution in [3.8, 4) is 66.8 Å². The van der Waals surface area contributed by atoms with Crippen LogP contribution >= 0.6 is 0 Å². The lowest BCUT2D eigenvalue weighted by Crippen LogP contribution is -1.94. The van der Waals surface area contributed by atoms with Gasteiger partial charge in [0.2, 0.25) is 0 Å². The Bertz CT molecular complexity index is 4890. The van der Waals surface area contributed by atoms with Gasteiger partial charge in [0.1, 0.15) is 0 Å². The van der Waals surface area contributed by atoms with Crippen molar-refractivity contribution in [3.05, 3.63) is 279 Å². The molecule has 0 aromatic heterocycles. The van der Waals surface area contributed by atoms with Crippen LogP contribution in [0.4, 0.5) is 0 Å². The van der Waals surface area contributed by atoms with E-state index in [0.717, 1.165) is 0 Å². The van der Waals surface area contributed by atoms with Gasteiger partial charge in [-0.1, -0.05) is 255 Å². The molecule has 0 saturated carbocycles. The molecule has 0 N–H and O–H groups in total. The van der Waals surface area contributed by atoms with E-state index in [4.69, 9.17) is 0 Å². The molecule has 0 aliphatic rings. The van der Waals surface area contributed by atoms with E-state index >= 15 is 0 Å². The summed E-state index contributed by atoms with van der Waals surface area (Å²) < 4.78 is 0. The zero-order valence-electron chi connectivity index (χ0n) is 41.6. The summed E-state index contributed by atoms with van der Waals surface area (Å²) in [4.78, 5) is 0. The van der Waals surface area contributed by atoms with Crippen LogP contribution in [-0.2, 0) is 0 Å². The van der Waals surface area contributed by atoms with Crippen molar-refractivity contribution in [1.29, 1.82) is 0 Å². The highest BCUT2D eigenvalue weighted by Crippen LogP contribution is 2.50. The molecule has 0 spiro atoms. The number of hydrogen-bond donors (Lipinski definition) is 0. The lowest BCUT2D eigenvalue weighted by Gasteiger charge is -2.22. The average molecular weight is 959 g/mol. The van der Waals surface area contributed by atoms with Crippen LogP contribution in [0.15, 0.2) is 279 Å². The molecule has 0 atom stereocenters. The summed E-state index contributed by atoms with van der Waals surface area (Å²) in [7, 11) is 0. The van der Waals surface area contributed by atoms with Crippen LogP contribution in [0.2, 0.25) is 0 Å². The van der Waals surface area contributed by atoms with Crippen molar-refractivity contribution in [2.24, 2.45) is 0 Å². The monoisotopic (exact) mass is 958 g/mol. The second-order valence-electron chi connectivity index (χ2n) is 20.6. The van der Waals surface area contributed by atoms with Crippen LogP contribution in [0.3, 0.4) is 0 Å². The second-order valence-corrected chi connectivity index (χ2v) is 20.6. The van der Waals surface area contributed by atoms with Gasteiger partial charge in [0.25, 0.3) is 0 Å². The van der Waals surface area contributed by atoms with Gasteiger partial charge in [-0.2, -0.15) is 0 Å². The second kappa shape index (κ2) is 16.8. The first-order valence-corrected chi connectivity index (χ1v) is 26.5. The van der Waals surface area contributed by atoms with E-state index in [-0.39, 0.29) is 0 Å². The van der Waals surface area contributed by atoms with E-state index < -0.39 is 0 Å². The fraction of sp³-hybridized carbons (Fsp3) is 0. The summed E-state index contributed by atoms with van der Waals surface area (Å²) in [6.45, 7) is 0. The normalized spacial score (nSPS) is 11.9. The molecule has 0 aliphatic carbocycles. The maximum atomic E-state index is 2.48. The highest BCUT2D eigenvalue weighted by atomic mass is 14.3. The number of hydrogen-bond acceptors (Lipinski definition) is 0. The minimum atomic E-state index is 1.17. The maximum Gasteiger partial charge on any atom is -0.00199 e. The molecule has 0 aliphatic heterocycles. The van der Waals surface area contributed by atoms with Crippen LogP contribution in [0.25, 0.3) is 164 Å². The molecular weight excluding hydrogens is 913 g/mol. The van der Waals surface area contributed by atoms with Crippen LogP contribution in [0.5, 0.6) is 0 Å². The van der Waals surface area contributed by atoms with E-state index in [1.165, 1.54) is 164 Å². The molecule has 0 heterocycles. The quantitative estimate of drug-likeness (QED) is 0.115. The molecule has 350 valence electrons. The van der Waals surface area contributed by atoms with Crippen LogP contribution in [0, 0.1) is 0 Å². The van der Waals surface area contributed by atoms with Gasteiger partial charge in [-0.05, 0) is 188 Å². The van der Waals surface area contributed by atoms with Crippen molar-refractivity contribution in [1.82, 2.24) is 0 Å². The standard InChI is InChI=1S/C76H46/c1-2-17-49(18-3-1)72-61-25-8-10-27-63(61)73(64-28-11-9-26-62(64)72)55-43-54(47-33-35-48(36-34-47)58-41-39-52-38-37-50-20-16-21-51-40-42-69(58)75(52)71(50)51)44-56(45-55)74-65-29-12-14-31-67(65)76(68-32-15-13-30-66(68)74)70-46-53-19-4-5-22-57(53)59-23-6-7-24-60(59)70/h1-46H. The van der Waals surface area contributed by atoms with Crippen molar-refractivity contribution in [2.75, 3.05) is 0 Å². The third kappa shape index (κ3) is 6.44. The third-order valence-electron chi connectivity index (χ3n) is 16.5. The van der Waals surface area contributed by atoms with Crippen LogP contribution in [0.1, 0.15) is 0 Å². The molecule has 16 rings (SSSR count). The van der Waals surface area contributed by atoms with Crippen molar-refractivity contribution in [2.45, 2.75) is 0 Å². The smallest absolute Gasteiger partial charge is 0.00199 e. The zero-order chi connectivity index (χ0) is 49.8. The minimum Gasteiger partial charge on any atom is -0.0622 e. The molecule has 0 unspecified atom stereocenters. The van der Waals surface area contributed by atoms with Gasteiger partial charge in [0, 0.05) is 0 Å². The molecule has 0 saturated heterocycles. The van der Waals surface area contributed by atoms with Crippen molar-refractivity contribution < 1.29 is 0 Å². The summed E-state index contributed by atoms with van der Waals surface area (Å²) >= 11 is 0. The van der Waals surface area contributed by atoms with Gasteiger partial charge < -0.3 is 0 Å². The summed E-state index contributed by atoms with van der Waals surface area (Å²) in [5.41, 5.74) is 14.7. The van der Waals surface area contributed by atoms with Gasteiger partial charge in [-0.3, -0.25) is 0 Å². The molecule has 16 aromatic rings. The molecule has 76 heavy (non-hydrogen) atoms. The SMILES string of the molecule is c1ccc(-c2c3ccccc3c(-c3cc(-c4ccc(-c5ccc6ccc7cccc8ccc5c6c78)cc4)cc(-c4c5ccccc5c(-c5cc6ccccc6c6ccccc56)c5ccccc45)c3)c3ccccc23)cc1. The maximum absolute atomic E-state index is 2.48. The van der Waals surface area contributed by atoms with Crippen LogP contribution < -0.4 is 0 Å². The zero-order valence-corrected chi connectivity index (χ0v) is 41.6. The molecule has 0 bridgehead atoms. The number of rotatable bonds is 6. The number of benzene rings is 16. The molecular formula is C76H46. The van der Waals surface area contributed by atoms with Crippen LogP contribution in [-0.4, -0.2) is 0 Å². The van der Waals surface area contributed by atoms with Crippen molar-refractivity contribution >= 4 is 97.0 Å². The fourth-order valence-corrected chi connectivity index (χ4v) is 13.3. The molecule has 0 fully saturated rings. The van der Waals surface area contributed by atoms with E-state index in [2.05, 4.69) is 279 Å². The summed E-state index contributed by atoms with van der Waals surface area (Å²) in [6.07, 6.45) is 0. The first-order valence-electron chi connectivity index (χ1n) is 26.5. The highest BCUT2D eigenvalue weighted by Gasteiger charge is 2.23. The Labute approximate surface area is 440 Å². The van der Waals surface area contributed by atoms with Crippen molar-refractivity contribution in [3.63, 3.8) is 0 Å². The number of fused-ring (bicyclic) bond motifs is 7. The lowest BCUT2D eigenvalue weighted by molar-refractivity contribution is 1.59. The third-order valence-corrected chi connectivity index (χ3v) is 16.5. The Kier molecular flexibility index (Phi) is 9.44. The first kappa shape index (κ1) is 42.6. The minimum absolute atomic E-state index is 1.17. The Hall–Kier alpha value is -9.88. The average Bonchev–Trinajstić information content (AvgIpc) is 3.59. The van der Waals surface area contributed by atoms with E-state index in [9.17, 15) is 0 Å². The van der Waals surface area contributed by atoms with Gasteiger partial charge in [0.15, 0.2) is 0 Å². The van der Waals surface area contributed by atoms with E-state index in [1.54, 1.807) is 0 Å². The topological polar surface area (TPSA) is 0 Å². The molecule has 16 aromatic carbocycles. The van der Waals surface area contributed by atoms with Gasteiger partial charge in [0.05, 0.1) is 0 Å². The Balaban J connectivity index is 0.968. The summed E-state index contributed by atoms with van der Waals surface area (Å²) in [6, 6.07) is 105. The Morgan fingerprint density at radius 1 is 0.145 bits per heavy atom. The lowest BCUT2D eigenvalue weighted by atomic mass is 9.81. The molecule has 0 amide bonds. The Morgan fingerprint density at radius 2 is 0.539 bits per heavy atom. The molecule has 0 radical (unpaired) electrons.